The Morgan fingerprint density at radius 1 is 1.25 bits per heavy atom. The van der Waals surface area contributed by atoms with Gasteiger partial charge in [0.05, 0.1) is 19.9 Å². The van der Waals surface area contributed by atoms with Crippen molar-refractivity contribution in [2.75, 3.05) is 19.5 Å². The van der Waals surface area contributed by atoms with Crippen LogP contribution in [0.5, 0.6) is 11.5 Å². The molecule has 0 fully saturated rings. The molecular weight excluding hydrogens is 322 g/mol. The number of anilines is 1. The lowest BCUT2D eigenvalue weighted by Crippen LogP contribution is -2.06. The molecule has 0 spiro atoms. The summed E-state index contributed by atoms with van der Waals surface area (Å²) in [7, 11) is 5.20. The van der Waals surface area contributed by atoms with Crippen molar-refractivity contribution in [1.82, 2.24) is 9.78 Å². The van der Waals surface area contributed by atoms with Gasteiger partial charge in [-0.3, -0.25) is 4.68 Å². The summed E-state index contributed by atoms with van der Waals surface area (Å²) in [5, 5.41) is 7.66. The van der Waals surface area contributed by atoms with Crippen LogP contribution in [0.2, 0.25) is 0 Å². The van der Waals surface area contributed by atoms with Crippen LogP contribution in [0.3, 0.4) is 0 Å². The molecule has 20 heavy (non-hydrogen) atoms. The van der Waals surface area contributed by atoms with E-state index in [0.717, 1.165) is 33.0 Å². The second-order valence-corrected chi connectivity index (χ2v) is 5.29. The van der Waals surface area contributed by atoms with Crippen molar-refractivity contribution in [3.05, 3.63) is 33.9 Å². The van der Waals surface area contributed by atoms with Crippen LogP contribution in [0, 0.1) is 6.92 Å². The fraction of sp³-hybridized carbons (Fsp3) is 0.357. The van der Waals surface area contributed by atoms with E-state index in [0.29, 0.717) is 6.54 Å². The van der Waals surface area contributed by atoms with E-state index in [4.69, 9.17) is 9.47 Å². The van der Waals surface area contributed by atoms with Gasteiger partial charge in [-0.1, -0.05) is 15.9 Å². The van der Waals surface area contributed by atoms with Gasteiger partial charge in [0.15, 0.2) is 0 Å². The first kappa shape index (κ1) is 14.7. The maximum absolute atomic E-state index is 5.42. The van der Waals surface area contributed by atoms with Gasteiger partial charge in [0.2, 0.25) is 0 Å². The highest BCUT2D eigenvalue weighted by Gasteiger charge is 2.11. The van der Waals surface area contributed by atoms with Crippen molar-refractivity contribution in [2.24, 2.45) is 7.05 Å². The van der Waals surface area contributed by atoms with Gasteiger partial charge in [-0.2, -0.15) is 5.10 Å². The maximum Gasteiger partial charge on any atom is 0.128 e. The Balaban J connectivity index is 2.22. The number of ether oxygens (including phenoxy) is 2. The van der Waals surface area contributed by atoms with E-state index < -0.39 is 0 Å². The molecule has 0 saturated carbocycles. The number of hydrogen-bond donors (Lipinski definition) is 1. The third-order valence-corrected chi connectivity index (χ3v) is 3.74. The van der Waals surface area contributed by atoms with E-state index >= 15 is 0 Å². The topological polar surface area (TPSA) is 48.3 Å². The smallest absolute Gasteiger partial charge is 0.128 e. The summed E-state index contributed by atoms with van der Waals surface area (Å²) in [6.45, 7) is 2.60. The summed E-state index contributed by atoms with van der Waals surface area (Å²) in [6.07, 6.45) is 0. The molecule has 2 aromatic rings. The van der Waals surface area contributed by atoms with Gasteiger partial charge in [-0.05, 0) is 13.0 Å². The lowest BCUT2D eigenvalue weighted by molar-refractivity contribution is 0.391. The summed E-state index contributed by atoms with van der Waals surface area (Å²) >= 11 is 3.55. The molecule has 0 radical (unpaired) electrons. The molecular formula is C14H18BrN3O2. The van der Waals surface area contributed by atoms with Crippen molar-refractivity contribution in [1.29, 1.82) is 0 Å². The van der Waals surface area contributed by atoms with Crippen LogP contribution in [0.25, 0.3) is 0 Å². The van der Waals surface area contributed by atoms with E-state index in [1.165, 1.54) is 0 Å². The van der Waals surface area contributed by atoms with Crippen molar-refractivity contribution >= 4 is 21.7 Å². The molecule has 0 amide bonds. The predicted octanol–water partition coefficient (Wildman–Crippen LogP) is 3.12. The molecule has 0 unspecified atom stereocenters. The standard InChI is InChI=1S/C14H18BrN3O2/c1-9-5-14(18(2)17-9)16-8-11-12(15)6-10(19-3)7-13(11)20-4/h5-7,16H,8H2,1-4H3. The van der Waals surface area contributed by atoms with Gasteiger partial charge >= 0.3 is 0 Å². The summed E-state index contributed by atoms with van der Waals surface area (Å²) < 4.78 is 13.4. The van der Waals surface area contributed by atoms with Crippen LogP contribution in [-0.2, 0) is 13.6 Å². The highest BCUT2D eigenvalue weighted by Crippen LogP contribution is 2.32. The molecule has 0 aliphatic rings. The third-order valence-electron chi connectivity index (χ3n) is 3.03. The Labute approximate surface area is 127 Å². The normalized spacial score (nSPS) is 10.4. The molecule has 0 aliphatic carbocycles. The average Bonchev–Trinajstić information content (AvgIpc) is 2.74. The molecule has 0 saturated heterocycles. The number of rotatable bonds is 5. The van der Waals surface area contributed by atoms with Crippen molar-refractivity contribution < 1.29 is 9.47 Å². The van der Waals surface area contributed by atoms with Crippen molar-refractivity contribution in [3.63, 3.8) is 0 Å². The predicted molar refractivity (Wildman–Crippen MR) is 82.5 cm³/mol. The zero-order valence-electron chi connectivity index (χ0n) is 12.0. The van der Waals surface area contributed by atoms with E-state index in [9.17, 15) is 0 Å². The van der Waals surface area contributed by atoms with Crippen LogP contribution in [-0.4, -0.2) is 24.0 Å². The molecule has 5 nitrogen and oxygen atoms in total. The van der Waals surface area contributed by atoms with Gasteiger partial charge in [0.25, 0.3) is 0 Å². The molecule has 1 aromatic carbocycles. The number of benzene rings is 1. The molecule has 108 valence electrons. The Hall–Kier alpha value is -1.69. The van der Waals surface area contributed by atoms with Gasteiger partial charge in [0, 0.05) is 35.8 Å². The number of nitrogens with zero attached hydrogens (tertiary/aromatic N) is 2. The SMILES string of the molecule is COc1cc(Br)c(CNc2cc(C)nn2C)c(OC)c1. The van der Waals surface area contributed by atoms with Crippen molar-refractivity contribution in [3.8, 4) is 11.5 Å². The summed E-state index contributed by atoms with van der Waals surface area (Å²) in [5.74, 6) is 2.50. The second-order valence-electron chi connectivity index (χ2n) is 4.44. The van der Waals surface area contributed by atoms with E-state index in [2.05, 4.69) is 26.3 Å². The molecule has 0 bridgehead atoms. The molecule has 1 aromatic heterocycles. The summed E-state index contributed by atoms with van der Waals surface area (Å²) in [4.78, 5) is 0. The minimum Gasteiger partial charge on any atom is -0.497 e. The quantitative estimate of drug-likeness (QED) is 0.909. The number of aromatic nitrogens is 2. The zero-order chi connectivity index (χ0) is 14.7. The monoisotopic (exact) mass is 339 g/mol. The van der Waals surface area contributed by atoms with Gasteiger partial charge in [-0.15, -0.1) is 0 Å². The number of nitrogens with one attached hydrogen (secondary N) is 1. The molecule has 1 heterocycles. The molecule has 6 heteroatoms. The lowest BCUT2D eigenvalue weighted by atomic mass is 10.2. The second kappa shape index (κ2) is 6.17. The Morgan fingerprint density at radius 3 is 2.55 bits per heavy atom. The van der Waals surface area contributed by atoms with Gasteiger partial charge < -0.3 is 14.8 Å². The largest absolute Gasteiger partial charge is 0.497 e. The van der Waals surface area contributed by atoms with Crippen LogP contribution in [0.15, 0.2) is 22.7 Å². The Bertz CT molecular complexity index is 611. The van der Waals surface area contributed by atoms with Crippen LogP contribution in [0.1, 0.15) is 11.3 Å². The highest BCUT2D eigenvalue weighted by atomic mass is 79.9. The zero-order valence-corrected chi connectivity index (χ0v) is 13.6. The highest BCUT2D eigenvalue weighted by molar-refractivity contribution is 9.10. The number of aryl methyl sites for hydroxylation is 2. The van der Waals surface area contributed by atoms with E-state index in [1.54, 1.807) is 14.2 Å². The third kappa shape index (κ3) is 3.07. The molecule has 1 N–H and O–H groups in total. The molecule has 2 rings (SSSR count). The molecule has 0 aliphatic heterocycles. The Kier molecular flexibility index (Phi) is 4.54. The first-order chi connectivity index (χ1) is 9.55. The summed E-state index contributed by atoms with van der Waals surface area (Å²) in [6, 6.07) is 5.80. The van der Waals surface area contributed by atoms with Crippen LogP contribution < -0.4 is 14.8 Å². The van der Waals surface area contributed by atoms with E-state index in [1.807, 2.05) is 36.9 Å². The van der Waals surface area contributed by atoms with Crippen LogP contribution in [0.4, 0.5) is 5.82 Å². The minimum atomic E-state index is 0.632. The fourth-order valence-corrected chi connectivity index (χ4v) is 2.58. The number of hydrogen-bond acceptors (Lipinski definition) is 4. The van der Waals surface area contributed by atoms with Gasteiger partial charge in [-0.25, -0.2) is 0 Å². The maximum atomic E-state index is 5.42. The summed E-state index contributed by atoms with van der Waals surface area (Å²) in [5.41, 5.74) is 2.02. The number of halogens is 1. The average molecular weight is 340 g/mol. The van der Waals surface area contributed by atoms with Crippen LogP contribution >= 0.6 is 15.9 Å². The number of methoxy groups -OCH3 is 2. The first-order valence-corrected chi connectivity index (χ1v) is 6.99. The lowest BCUT2D eigenvalue weighted by Gasteiger charge is -2.14. The van der Waals surface area contributed by atoms with Gasteiger partial charge in [0.1, 0.15) is 17.3 Å². The Morgan fingerprint density at radius 2 is 2.00 bits per heavy atom. The fourth-order valence-electron chi connectivity index (χ4n) is 2.01. The first-order valence-electron chi connectivity index (χ1n) is 6.20. The minimum absolute atomic E-state index is 0.632. The molecule has 0 atom stereocenters. The van der Waals surface area contributed by atoms with E-state index in [-0.39, 0.29) is 0 Å². The van der Waals surface area contributed by atoms with Crippen molar-refractivity contribution in [2.45, 2.75) is 13.5 Å².